The van der Waals surface area contributed by atoms with Crippen LogP contribution in [0.5, 0.6) is 11.5 Å². The van der Waals surface area contributed by atoms with Crippen molar-refractivity contribution >= 4 is 46.3 Å². The van der Waals surface area contributed by atoms with Crippen LogP contribution in [0.3, 0.4) is 0 Å². The molecule has 26 heavy (non-hydrogen) atoms. The summed E-state index contributed by atoms with van der Waals surface area (Å²) in [5.74, 6) is -1.02. The van der Waals surface area contributed by atoms with Crippen LogP contribution in [0, 0.1) is 5.92 Å². The second-order valence-corrected chi connectivity index (χ2v) is 7.46. The minimum absolute atomic E-state index is 0.206. The van der Waals surface area contributed by atoms with Crippen molar-refractivity contribution in [2.24, 2.45) is 5.92 Å². The first-order valence-corrected chi connectivity index (χ1v) is 9.27. The molecule has 0 spiro atoms. The molecule has 1 aliphatic rings. The van der Waals surface area contributed by atoms with E-state index in [9.17, 15) is 14.7 Å². The van der Waals surface area contributed by atoms with E-state index >= 15 is 0 Å². The maximum Gasteiger partial charge on any atom is 0.266 e. The molecule has 0 bridgehead atoms. The van der Waals surface area contributed by atoms with Gasteiger partial charge in [0.1, 0.15) is 4.32 Å². The van der Waals surface area contributed by atoms with Gasteiger partial charge in [0.15, 0.2) is 11.5 Å². The van der Waals surface area contributed by atoms with Gasteiger partial charge in [0, 0.05) is 5.56 Å². The molecule has 140 valence electrons. The maximum atomic E-state index is 12.8. The zero-order chi connectivity index (χ0) is 19.4. The fourth-order valence-corrected chi connectivity index (χ4v) is 4.02. The Kier molecular flexibility index (Phi) is 6.66. The molecule has 2 rings (SSSR count). The van der Waals surface area contributed by atoms with Crippen LogP contribution >= 0.6 is 24.0 Å². The van der Waals surface area contributed by atoms with Crippen molar-refractivity contribution in [1.82, 2.24) is 4.90 Å². The quantitative estimate of drug-likeness (QED) is 0.517. The number of hydrogen-bond donors (Lipinski definition) is 0. The van der Waals surface area contributed by atoms with Gasteiger partial charge in [-0.05, 0) is 18.1 Å². The SMILES string of the molecule is CC[C@H](C)[C@H](C(=O)[O-])N1C(=O)/C(=C/c2cccc(OC)c2OC)SC1=S. The summed E-state index contributed by atoms with van der Waals surface area (Å²) in [4.78, 5) is 25.9. The molecule has 0 radical (unpaired) electrons. The second kappa shape index (κ2) is 8.55. The highest BCUT2D eigenvalue weighted by Crippen LogP contribution is 2.38. The molecule has 2 atom stereocenters. The smallest absolute Gasteiger partial charge is 0.266 e. The van der Waals surface area contributed by atoms with Crippen LogP contribution in [0.4, 0.5) is 0 Å². The molecule has 0 unspecified atom stereocenters. The Morgan fingerprint density at radius 2 is 2.08 bits per heavy atom. The Hall–Kier alpha value is -2.06. The van der Waals surface area contributed by atoms with Gasteiger partial charge in [-0.3, -0.25) is 9.69 Å². The highest BCUT2D eigenvalue weighted by Gasteiger charge is 2.39. The van der Waals surface area contributed by atoms with Gasteiger partial charge in [-0.15, -0.1) is 0 Å². The van der Waals surface area contributed by atoms with Crippen molar-refractivity contribution in [3.63, 3.8) is 0 Å². The molecule has 0 saturated carbocycles. The maximum absolute atomic E-state index is 12.8. The first kappa shape index (κ1) is 20.3. The lowest BCUT2D eigenvalue weighted by atomic mass is 9.98. The topological polar surface area (TPSA) is 78.9 Å². The number of carbonyl (C=O) groups is 2. The van der Waals surface area contributed by atoms with Gasteiger partial charge in [0.25, 0.3) is 5.91 Å². The monoisotopic (exact) mass is 394 g/mol. The van der Waals surface area contributed by atoms with Crippen molar-refractivity contribution in [2.45, 2.75) is 26.3 Å². The molecule has 0 aromatic heterocycles. The molecule has 6 nitrogen and oxygen atoms in total. The molecule has 1 amide bonds. The van der Waals surface area contributed by atoms with E-state index in [1.54, 1.807) is 31.2 Å². The summed E-state index contributed by atoms with van der Waals surface area (Å²) in [7, 11) is 3.03. The summed E-state index contributed by atoms with van der Waals surface area (Å²) in [6.45, 7) is 3.61. The van der Waals surface area contributed by atoms with E-state index in [0.29, 0.717) is 28.4 Å². The average Bonchev–Trinajstić information content (AvgIpc) is 2.88. The van der Waals surface area contributed by atoms with Crippen molar-refractivity contribution < 1.29 is 24.2 Å². The number of amides is 1. The number of carboxylic acid groups (broad SMARTS) is 1. The van der Waals surface area contributed by atoms with Crippen molar-refractivity contribution in [3.8, 4) is 11.5 Å². The number of aliphatic carboxylic acids is 1. The molecular formula is C18H20NO5S2-. The van der Waals surface area contributed by atoms with Crippen LogP contribution in [0.25, 0.3) is 6.08 Å². The predicted molar refractivity (Wildman–Crippen MR) is 103 cm³/mol. The lowest BCUT2D eigenvalue weighted by Crippen LogP contribution is -2.53. The third kappa shape index (κ3) is 3.86. The molecule has 0 N–H and O–H groups in total. The highest BCUT2D eigenvalue weighted by atomic mass is 32.2. The molecule has 0 aliphatic carbocycles. The Labute approximate surface area is 162 Å². The van der Waals surface area contributed by atoms with Crippen LogP contribution in [-0.2, 0) is 9.59 Å². The fourth-order valence-electron chi connectivity index (χ4n) is 2.70. The van der Waals surface area contributed by atoms with E-state index < -0.39 is 17.9 Å². The van der Waals surface area contributed by atoms with E-state index in [1.165, 1.54) is 14.2 Å². The summed E-state index contributed by atoms with van der Waals surface area (Å²) >= 11 is 6.33. The number of methoxy groups -OCH3 is 2. The van der Waals surface area contributed by atoms with Gasteiger partial charge in [-0.2, -0.15) is 0 Å². The van der Waals surface area contributed by atoms with Crippen molar-refractivity contribution in [2.75, 3.05) is 14.2 Å². The van der Waals surface area contributed by atoms with Crippen molar-refractivity contribution in [1.29, 1.82) is 0 Å². The van der Waals surface area contributed by atoms with Gasteiger partial charge < -0.3 is 19.4 Å². The number of rotatable bonds is 7. The van der Waals surface area contributed by atoms with Gasteiger partial charge >= 0.3 is 0 Å². The Morgan fingerprint density at radius 3 is 2.62 bits per heavy atom. The standard InChI is InChI=1S/C18H21NO5S2/c1-5-10(2)14(17(21)22)19-16(20)13(26-18(19)25)9-11-7-6-8-12(23-3)15(11)24-4/h6-10,14H,5H2,1-4H3,(H,21,22)/p-1/b13-9-/t10-,14+/m0/s1. The minimum Gasteiger partial charge on any atom is -0.548 e. The van der Waals surface area contributed by atoms with Crippen LogP contribution in [0.1, 0.15) is 25.8 Å². The summed E-state index contributed by atoms with van der Waals surface area (Å²) < 4.78 is 10.8. The zero-order valence-electron chi connectivity index (χ0n) is 15.0. The molecule has 1 aromatic carbocycles. The van der Waals surface area contributed by atoms with E-state index in [1.807, 2.05) is 6.92 Å². The number of carbonyl (C=O) groups excluding carboxylic acids is 2. The average molecular weight is 394 g/mol. The van der Waals surface area contributed by atoms with Gasteiger partial charge in [-0.25, -0.2) is 0 Å². The number of benzene rings is 1. The van der Waals surface area contributed by atoms with E-state index in [2.05, 4.69) is 0 Å². The fraction of sp³-hybridized carbons (Fsp3) is 0.389. The first-order valence-electron chi connectivity index (χ1n) is 8.04. The molecule has 1 aromatic rings. The van der Waals surface area contributed by atoms with Gasteiger partial charge in [0.2, 0.25) is 0 Å². The van der Waals surface area contributed by atoms with Crippen LogP contribution in [-0.4, -0.2) is 41.4 Å². The molecule has 1 fully saturated rings. The third-order valence-electron chi connectivity index (χ3n) is 4.25. The molecule has 1 heterocycles. The molecular weight excluding hydrogens is 374 g/mol. The lowest BCUT2D eigenvalue weighted by molar-refractivity contribution is -0.311. The zero-order valence-corrected chi connectivity index (χ0v) is 16.6. The highest BCUT2D eigenvalue weighted by molar-refractivity contribution is 8.26. The number of nitrogens with zero attached hydrogens (tertiary/aromatic N) is 1. The summed E-state index contributed by atoms with van der Waals surface area (Å²) in [6.07, 6.45) is 2.21. The molecule has 8 heteroatoms. The Morgan fingerprint density at radius 1 is 1.38 bits per heavy atom. The predicted octanol–water partition coefficient (Wildman–Crippen LogP) is 2.07. The van der Waals surface area contributed by atoms with E-state index in [4.69, 9.17) is 21.7 Å². The van der Waals surface area contributed by atoms with Gasteiger partial charge in [0.05, 0.1) is 31.1 Å². The lowest BCUT2D eigenvalue weighted by Gasteiger charge is -2.32. The van der Waals surface area contributed by atoms with Crippen molar-refractivity contribution in [3.05, 3.63) is 28.7 Å². The number of thiocarbonyl (C=S) groups is 1. The molecule has 1 saturated heterocycles. The number of hydrogen-bond acceptors (Lipinski definition) is 7. The van der Waals surface area contributed by atoms with Crippen LogP contribution in [0.2, 0.25) is 0 Å². The van der Waals surface area contributed by atoms with E-state index in [0.717, 1.165) is 16.7 Å². The number of carboxylic acids is 1. The second-order valence-electron chi connectivity index (χ2n) is 5.78. The summed E-state index contributed by atoms with van der Waals surface area (Å²) in [5.41, 5.74) is 0.640. The van der Waals surface area contributed by atoms with E-state index in [-0.39, 0.29) is 10.2 Å². The van der Waals surface area contributed by atoms with Crippen LogP contribution in [0.15, 0.2) is 23.1 Å². The summed E-state index contributed by atoms with van der Waals surface area (Å²) in [5, 5.41) is 11.6. The minimum atomic E-state index is -1.31. The van der Waals surface area contributed by atoms with Gasteiger partial charge in [-0.1, -0.05) is 56.4 Å². The third-order valence-corrected chi connectivity index (χ3v) is 5.58. The van der Waals surface area contributed by atoms with Crippen LogP contribution < -0.4 is 14.6 Å². The number of para-hydroxylation sites is 1. The number of thioether (sulfide) groups is 1. The normalized spacial score (nSPS) is 18.2. The summed E-state index contributed by atoms with van der Waals surface area (Å²) in [6, 6.07) is 4.21. The Balaban J connectivity index is 2.43. The largest absolute Gasteiger partial charge is 0.548 e. The Bertz CT molecular complexity index is 762. The molecule has 1 aliphatic heterocycles. The first-order chi connectivity index (χ1) is 12.3. The number of ether oxygens (including phenoxy) is 2.